The van der Waals surface area contributed by atoms with Gasteiger partial charge in [0.25, 0.3) is 5.91 Å². The van der Waals surface area contributed by atoms with Crippen molar-refractivity contribution in [2.75, 3.05) is 40.0 Å². The predicted molar refractivity (Wildman–Crippen MR) is 74.8 cm³/mol. The fourth-order valence-electron chi connectivity index (χ4n) is 2.03. The number of rotatable bonds is 6. The van der Waals surface area contributed by atoms with Crippen LogP contribution in [0, 0.1) is 0 Å². The van der Waals surface area contributed by atoms with Crippen molar-refractivity contribution in [3.63, 3.8) is 0 Å². The van der Waals surface area contributed by atoms with E-state index in [9.17, 15) is 9.59 Å². The average Bonchev–Trinajstić information content (AvgIpc) is 2.53. The lowest BCUT2D eigenvalue weighted by atomic mass is 10.2. The Morgan fingerprint density at radius 2 is 2.48 bits per heavy atom. The third kappa shape index (κ3) is 4.51. The van der Waals surface area contributed by atoms with E-state index in [1.807, 2.05) is 0 Å². The number of methoxy groups -OCH3 is 1. The average molecular weight is 293 g/mol. The number of nitrogens with zero attached hydrogens (tertiary/aromatic N) is 2. The van der Waals surface area contributed by atoms with E-state index in [4.69, 9.17) is 9.47 Å². The van der Waals surface area contributed by atoms with Gasteiger partial charge < -0.3 is 19.7 Å². The Morgan fingerprint density at radius 3 is 3.19 bits per heavy atom. The van der Waals surface area contributed by atoms with E-state index < -0.39 is 0 Å². The van der Waals surface area contributed by atoms with E-state index in [1.54, 1.807) is 30.3 Å². The molecule has 1 saturated heterocycles. The van der Waals surface area contributed by atoms with Crippen LogP contribution in [0.4, 0.5) is 0 Å². The minimum atomic E-state index is -0.208. The molecule has 2 amide bonds. The van der Waals surface area contributed by atoms with Crippen molar-refractivity contribution >= 4 is 11.8 Å². The maximum atomic E-state index is 11.9. The molecule has 7 heteroatoms. The first-order valence-electron chi connectivity index (χ1n) is 6.77. The van der Waals surface area contributed by atoms with Crippen LogP contribution in [0.2, 0.25) is 0 Å². The van der Waals surface area contributed by atoms with Crippen LogP contribution in [0.5, 0.6) is 0 Å². The Morgan fingerprint density at radius 1 is 1.62 bits per heavy atom. The first-order valence-corrected chi connectivity index (χ1v) is 6.77. The van der Waals surface area contributed by atoms with Crippen LogP contribution < -0.4 is 5.32 Å². The van der Waals surface area contributed by atoms with E-state index in [2.05, 4.69) is 10.3 Å². The van der Waals surface area contributed by atoms with E-state index in [-0.39, 0.29) is 24.5 Å². The molecule has 1 aliphatic rings. The lowest BCUT2D eigenvalue weighted by Crippen LogP contribution is -2.51. The molecule has 0 spiro atoms. The van der Waals surface area contributed by atoms with Crippen LogP contribution in [0.1, 0.15) is 10.4 Å². The largest absolute Gasteiger partial charge is 0.383 e. The van der Waals surface area contributed by atoms with Crippen LogP contribution in [0.25, 0.3) is 0 Å². The van der Waals surface area contributed by atoms with Gasteiger partial charge in [-0.05, 0) is 12.1 Å². The van der Waals surface area contributed by atoms with Crippen molar-refractivity contribution in [3.05, 3.63) is 30.1 Å². The SMILES string of the molecule is COCCN1CC(CNC(=O)c2cccnc2)OCC1=O. The van der Waals surface area contributed by atoms with Crippen LogP contribution in [-0.2, 0) is 14.3 Å². The lowest BCUT2D eigenvalue weighted by molar-refractivity contribution is -0.149. The Kier molecular flexibility index (Phi) is 5.65. The number of amides is 2. The summed E-state index contributed by atoms with van der Waals surface area (Å²) in [5.74, 6) is -0.256. The van der Waals surface area contributed by atoms with Crippen molar-refractivity contribution < 1.29 is 19.1 Å². The van der Waals surface area contributed by atoms with Crippen LogP contribution in [0.3, 0.4) is 0 Å². The Hall–Kier alpha value is -1.99. The first kappa shape index (κ1) is 15.4. The molecule has 0 radical (unpaired) electrons. The summed E-state index contributed by atoms with van der Waals surface area (Å²) in [5, 5.41) is 2.79. The quantitative estimate of drug-likeness (QED) is 0.778. The van der Waals surface area contributed by atoms with Gasteiger partial charge in [-0.2, -0.15) is 0 Å². The summed E-state index contributed by atoms with van der Waals surface area (Å²) < 4.78 is 10.4. The third-order valence-electron chi connectivity index (χ3n) is 3.20. The summed E-state index contributed by atoms with van der Waals surface area (Å²) in [6.07, 6.45) is 2.91. The second-order valence-electron chi connectivity index (χ2n) is 4.72. The number of pyridine rings is 1. The number of hydrogen-bond donors (Lipinski definition) is 1. The fourth-order valence-corrected chi connectivity index (χ4v) is 2.03. The molecule has 1 aromatic heterocycles. The van der Waals surface area contributed by atoms with Crippen molar-refractivity contribution in [3.8, 4) is 0 Å². The van der Waals surface area contributed by atoms with Crippen LogP contribution in [0.15, 0.2) is 24.5 Å². The molecule has 1 atom stereocenters. The van der Waals surface area contributed by atoms with Crippen molar-refractivity contribution in [2.24, 2.45) is 0 Å². The number of aromatic nitrogens is 1. The van der Waals surface area contributed by atoms with Gasteiger partial charge in [-0.3, -0.25) is 14.6 Å². The number of carbonyl (C=O) groups excluding carboxylic acids is 2. The zero-order valence-electron chi connectivity index (χ0n) is 11.9. The van der Waals surface area contributed by atoms with Crippen molar-refractivity contribution in [1.29, 1.82) is 0 Å². The number of nitrogens with one attached hydrogen (secondary N) is 1. The third-order valence-corrected chi connectivity index (χ3v) is 3.20. The lowest BCUT2D eigenvalue weighted by Gasteiger charge is -2.32. The number of ether oxygens (including phenoxy) is 2. The summed E-state index contributed by atoms with van der Waals surface area (Å²) in [6.45, 7) is 1.86. The number of hydrogen-bond acceptors (Lipinski definition) is 5. The summed E-state index contributed by atoms with van der Waals surface area (Å²) in [4.78, 5) is 29.1. The van der Waals surface area contributed by atoms with Gasteiger partial charge in [-0.1, -0.05) is 0 Å². The van der Waals surface area contributed by atoms with Gasteiger partial charge in [-0.25, -0.2) is 0 Å². The van der Waals surface area contributed by atoms with Gasteiger partial charge >= 0.3 is 0 Å². The summed E-state index contributed by atoms with van der Waals surface area (Å²) in [7, 11) is 1.59. The minimum Gasteiger partial charge on any atom is -0.383 e. The van der Waals surface area contributed by atoms with Crippen LogP contribution in [-0.4, -0.2) is 67.8 Å². The molecule has 2 rings (SSSR count). The minimum absolute atomic E-state index is 0.0388. The topological polar surface area (TPSA) is 80.8 Å². The molecule has 21 heavy (non-hydrogen) atoms. The maximum absolute atomic E-state index is 11.9. The van der Waals surface area contributed by atoms with E-state index >= 15 is 0 Å². The zero-order chi connectivity index (χ0) is 15.1. The van der Waals surface area contributed by atoms with Crippen molar-refractivity contribution in [1.82, 2.24) is 15.2 Å². The monoisotopic (exact) mass is 293 g/mol. The molecule has 1 unspecified atom stereocenters. The highest BCUT2D eigenvalue weighted by atomic mass is 16.5. The molecular weight excluding hydrogens is 274 g/mol. The van der Waals surface area contributed by atoms with E-state index in [0.717, 1.165) is 0 Å². The molecule has 7 nitrogen and oxygen atoms in total. The standard InChI is InChI=1S/C14H19N3O4/c1-20-6-5-17-9-12(21-10-13(17)18)8-16-14(19)11-3-2-4-15-7-11/h2-4,7,12H,5-6,8-10H2,1H3,(H,16,19). The molecular formula is C14H19N3O4. The Labute approximate surface area is 123 Å². The molecule has 1 fully saturated rings. The number of morpholine rings is 1. The van der Waals surface area contributed by atoms with Gasteiger partial charge in [0.15, 0.2) is 0 Å². The summed E-state index contributed by atoms with van der Waals surface area (Å²) in [6, 6.07) is 3.40. The number of carbonyl (C=O) groups is 2. The van der Waals surface area contributed by atoms with Gasteiger partial charge in [0.2, 0.25) is 5.91 Å². The molecule has 114 valence electrons. The van der Waals surface area contributed by atoms with Gasteiger partial charge in [-0.15, -0.1) is 0 Å². The molecule has 0 aliphatic carbocycles. The molecule has 1 aliphatic heterocycles. The molecule has 0 bridgehead atoms. The maximum Gasteiger partial charge on any atom is 0.252 e. The van der Waals surface area contributed by atoms with Gasteiger partial charge in [0.05, 0.1) is 18.3 Å². The molecule has 1 N–H and O–H groups in total. The van der Waals surface area contributed by atoms with E-state index in [1.165, 1.54) is 6.20 Å². The van der Waals surface area contributed by atoms with Gasteiger partial charge in [0.1, 0.15) is 6.61 Å². The normalized spacial score (nSPS) is 18.6. The zero-order valence-corrected chi connectivity index (χ0v) is 11.9. The summed E-state index contributed by atoms with van der Waals surface area (Å²) in [5.41, 5.74) is 0.501. The molecule has 1 aromatic rings. The highest BCUT2D eigenvalue weighted by Crippen LogP contribution is 2.06. The predicted octanol–water partition coefficient (Wildman–Crippen LogP) is -0.315. The Balaban J connectivity index is 1.80. The van der Waals surface area contributed by atoms with Crippen LogP contribution >= 0.6 is 0 Å². The molecule has 0 aromatic carbocycles. The highest BCUT2D eigenvalue weighted by Gasteiger charge is 2.26. The Bertz CT molecular complexity index is 480. The van der Waals surface area contributed by atoms with E-state index in [0.29, 0.717) is 31.8 Å². The fraction of sp³-hybridized carbons (Fsp3) is 0.500. The van der Waals surface area contributed by atoms with Crippen molar-refractivity contribution in [2.45, 2.75) is 6.10 Å². The molecule has 0 saturated carbocycles. The first-order chi connectivity index (χ1) is 10.2. The van der Waals surface area contributed by atoms with Gasteiger partial charge in [0, 0.05) is 39.1 Å². The molecule has 2 heterocycles. The second kappa shape index (κ2) is 7.70. The highest BCUT2D eigenvalue weighted by molar-refractivity contribution is 5.93. The summed E-state index contributed by atoms with van der Waals surface area (Å²) >= 11 is 0. The smallest absolute Gasteiger partial charge is 0.252 e. The second-order valence-corrected chi connectivity index (χ2v) is 4.72.